The second-order valence-electron chi connectivity index (χ2n) is 1.80. The Labute approximate surface area is 81.0 Å². The van der Waals surface area contributed by atoms with Crippen LogP contribution in [-0.2, 0) is 0 Å². The predicted octanol–water partition coefficient (Wildman–Crippen LogP) is 2.94. The Morgan fingerprint density at radius 1 is 1.36 bits per heavy atom. The van der Waals surface area contributed by atoms with Gasteiger partial charge in [0.1, 0.15) is 6.29 Å². The lowest BCUT2D eigenvalue weighted by Crippen LogP contribution is -1.73. The predicted molar refractivity (Wildman–Crippen MR) is 56.4 cm³/mol. The highest BCUT2D eigenvalue weighted by molar-refractivity contribution is 14.1. The molecule has 0 spiro atoms. The van der Waals surface area contributed by atoms with Gasteiger partial charge in [0.2, 0.25) is 0 Å². The fourth-order valence-corrected chi connectivity index (χ4v) is 0.532. The van der Waals surface area contributed by atoms with Gasteiger partial charge in [-0.2, -0.15) is 0 Å². The Balaban J connectivity index is 0.000000292. The van der Waals surface area contributed by atoms with Gasteiger partial charge in [-0.25, -0.2) is 0 Å². The standard InChI is InChI=1S/C7H6O.C2H5I/c8-6-7-4-2-1-3-5-7;1-2-3/h1-6H;2H2,1H3. The number of halogens is 1. The molecule has 1 nitrogen and oxygen atoms in total. The molecule has 0 heterocycles. The molecule has 2 heteroatoms. The molecule has 0 N–H and O–H groups in total. The van der Waals surface area contributed by atoms with Gasteiger partial charge in [0.05, 0.1) is 0 Å². The average Bonchev–Trinajstić information content (AvgIpc) is 2.08. The summed E-state index contributed by atoms with van der Waals surface area (Å²) in [5.74, 6) is 0. The second-order valence-corrected chi connectivity index (χ2v) is 3.32. The molecular weight excluding hydrogens is 251 g/mol. The van der Waals surface area contributed by atoms with Gasteiger partial charge >= 0.3 is 0 Å². The Bertz CT molecular complexity index is 184. The van der Waals surface area contributed by atoms with Gasteiger partial charge in [0.15, 0.2) is 0 Å². The first kappa shape index (κ1) is 10.6. The number of hydrogen-bond donors (Lipinski definition) is 0. The van der Waals surface area contributed by atoms with Crippen molar-refractivity contribution in [3.05, 3.63) is 35.9 Å². The van der Waals surface area contributed by atoms with E-state index in [1.807, 2.05) is 18.2 Å². The van der Waals surface area contributed by atoms with Crippen molar-refractivity contribution < 1.29 is 4.79 Å². The van der Waals surface area contributed by atoms with Crippen LogP contribution in [0.15, 0.2) is 30.3 Å². The van der Waals surface area contributed by atoms with E-state index >= 15 is 0 Å². The highest BCUT2D eigenvalue weighted by atomic mass is 127. The molecule has 0 atom stereocenters. The summed E-state index contributed by atoms with van der Waals surface area (Å²) in [5, 5.41) is 0. The monoisotopic (exact) mass is 262 g/mol. The summed E-state index contributed by atoms with van der Waals surface area (Å²) in [6.07, 6.45) is 0.833. The van der Waals surface area contributed by atoms with Crippen molar-refractivity contribution >= 4 is 28.9 Å². The van der Waals surface area contributed by atoms with Crippen molar-refractivity contribution in [2.75, 3.05) is 4.43 Å². The molecule has 0 aliphatic carbocycles. The molecule has 11 heavy (non-hydrogen) atoms. The Kier molecular flexibility index (Phi) is 7.46. The lowest BCUT2D eigenvalue weighted by molar-refractivity contribution is 0.112. The van der Waals surface area contributed by atoms with E-state index in [4.69, 9.17) is 0 Å². The molecule has 0 amide bonds. The van der Waals surface area contributed by atoms with E-state index in [1.165, 1.54) is 4.43 Å². The number of hydrogen-bond acceptors (Lipinski definition) is 1. The molecule has 0 saturated heterocycles. The van der Waals surface area contributed by atoms with E-state index in [0.717, 1.165) is 11.8 Å². The second kappa shape index (κ2) is 7.72. The molecule has 1 rings (SSSR count). The van der Waals surface area contributed by atoms with Gasteiger partial charge in [0, 0.05) is 5.56 Å². The first-order chi connectivity index (χ1) is 5.35. The molecule has 0 saturated carbocycles. The van der Waals surface area contributed by atoms with E-state index in [1.54, 1.807) is 12.1 Å². The van der Waals surface area contributed by atoms with E-state index < -0.39 is 0 Å². The summed E-state index contributed by atoms with van der Waals surface area (Å²) in [6.45, 7) is 2.11. The average molecular weight is 262 g/mol. The SMILES string of the molecule is CCI.O=Cc1ccccc1. The number of benzene rings is 1. The summed E-state index contributed by atoms with van der Waals surface area (Å²) in [5.41, 5.74) is 0.729. The number of aldehydes is 1. The van der Waals surface area contributed by atoms with Gasteiger partial charge in [-0.1, -0.05) is 59.8 Å². The smallest absolute Gasteiger partial charge is 0.150 e. The third kappa shape index (κ3) is 6.04. The molecule has 0 aliphatic rings. The van der Waals surface area contributed by atoms with Crippen LogP contribution in [0.2, 0.25) is 0 Å². The lowest BCUT2D eigenvalue weighted by atomic mass is 10.2. The van der Waals surface area contributed by atoms with Crippen LogP contribution >= 0.6 is 22.6 Å². The third-order valence-electron chi connectivity index (χ3n) is 0.936. The first-order valence-corrected chi connectivity index (χ1v) is 4.94. The van der Waals surface area contributed by atoms with E-state index in [2.05, 4.69) is 29.5 Å². The van der Waals surface area contributed by atoms with Crippen LogP contribution in [0.4, 0.5) is 0 Å². The quantitative estimate of drug-likeness (QED) is 0.432. The molecule has 0 aliphatic heterocycles. The zero-order chi connectivity index (χ0) is 8.53. The van der Waals surface area contributed by atoms with Gasteiger partial charge in [-0.3, -0.25) is 4.79 Å². The van der Waals surface area contributed by atoms with Crippen LogP contribution in [-0.4, -0.2) is 10.7 Å². The molecule has 0 bridgehead atoms. The normalized spacial score (nSPS) is 7.82. The summed E-state index contributed by atoms with van der Waals surface area (Å²) in [4.78, 5) is 10.0. The zero-order valence-electron chi connectivity index (χ0n) is 6.46. The van der Waals surface area contributed by atoms with Crippen molar-refractivity contribution in [1.29, 1.82) is 0 Å². The largest absolute Gasteiger partial charge is 0.298 e. The zero-order valence-corrected chi connectivity index (χ0v) is 8.61. The summed E-state index contributed by atoms with van der Waals surface area (Å²) >= 11 is 2.29. The van der Waals surface area contributed by atoms with E-state index in [9.17, 15) is 4.79 Å². The van der Waals surface area contributed by atoms with Gasteiger partial charge in [-0.05, 0) is 4.43 Å². The summed E-state index contributed by atoms with van der Waals surface area (Å²) < 4.78 is 1.22. The van der Waals surface area contributed by atoms with Crippen molar-refractivity contribution in [1.82, 2.24) is 0 Å². The number of rotatable bonds is 1. The fourth-order valence-electron chi connectivity index (χ4n) is 0.532. The number of alkyl halides is 1. The van der Waals surface area contributed by atoms with Crippen molar-refractivity contribution in [2.45, 2.75) is 6.92 Å². The van der Waals surface area contributed by atoms with Gasteiger partial charge in [0.25, 0.3) is 0 Å². The molecule has 1 aromatic carbocycles. The molecule has 1 aromatic rings. The molecule has 60 valence electrons. The van der Waals surface area contributed by atoms with Gasteiger partial charge < -0.3 is 0 Å². The first-order valence-electron chi connectivity index (χ1n) is 3.41. The minimum Gasteiger partial charge on any atom is -0.298 e. The van der Waals surface area contributed by atoms with Crippen LogP contribution in [0.25, 0.3) is 0 Å². The number of carbonyl (C=O) groups excluding carboxylic acids is 1. The molecule has 0 unspecified atom stereocenters. The van der Waals surface area contributed by atoms with E-state index in [0.29, 0.717) is 0 Å². The molecule has 0 aromatic heterocycles. The van der Waals surface area contributed by atoms with Crippen molar-refractivity contribution in [3.63, 3.8) is 0 Å². The third-order valence-corrected chi connectivity index (χ3v) is 0.936. The molecule has 0 radical (unpaired) electrons. The minimum absolute atomic E-state index is 0.729. The maximum Gasteiger partial charge on any atom is 0.150 e. The van der Waals surface area contributed by atoms with Crippen LogP contribution < -0.4 is 0 Å². The summed E-state index contributed by atoms with van der Waals surface area (Å²) in [7, 11) is 0. The van der Waals surface area contributed by atoms with Crippen LogP contribution in [0.3, 0.4) is 0 Å². The highest BCUT2D eigenvalue weighted by Gasteiger charge is 1.79. The van der Waals surface area contributed by atoms with E-state index in [-0.39, 0.29) is 0 Å². The highest BCUT2D eigenvalue weighted by Crippen LogP contribution is 1.91. The topological polar surface area (TPSA) is 17.1 Å². The maximum absolute atomic E-state index is 10.0. The molecule has 0 fully saturated rings. The van der Waals surface area contributed by atoms with Crippen LogP contribution in [0, 0.1) is 0 Å². The van der Waals surface area contributed by atoms with Crippen molar-refractivity contribution in [3.8, 4) is 0 Å². The van der Waals surface area contributed by atoms with Crippen molar-refractivity contribution in [2.24, 2.45) is 0 Å². The Morgan fingerprint density at radius 2 is 1.82 bits per heavy atom. The Morgan fingerprint density at radius 3 is 2.09 bits per heavy atom. The lowest BCUT2D eigenvalue weighted by Gasteiger charge is -1.81. The molecular formula is C9H11IO. The fraction of sp³-hybridized carbons (Fsp3) is 0.222. The van der Waals surface area contributed by atoms with Gasteiger partial charge in [-0.15, -0.1) is 0 Å². The number of carbonyl (C=O) groups is 1. The van der Waals surface area contributed by atoms with Crippen LogP contribution in [0.1, 0.15) is 17.3 Å². The summed E-state index contributed by atoms with van der Waals surface area (Å²) in [6, 6.07) is 9.10. The maximum atomic E-state index is 10.0. The Hall–Kier alpha value is -0.380. The minimum atomic E-state index is 0.729. The van der Waals surface area contributed by atoms with Crippen LogP contribution in [0.5, 0.6) is 0 Å².